The second-order valence-electron chi connectivity index (χ2n) is 8.56. The summed E-state index contributed by atoms with van der Waals surface area (Å²) in [6.07, 6.45) is 16.7. The molecule has 0 rings (SSSR count). The fourth-order valence-electron chi connectivity index (χ4n) is 2.96. The lowest BCUT2D eigenvalue weighted by Crippen LogP contribution is -2.22. The number of unbranched alkanes of at least 4 members (excludes halogenated alkanes) is 14. The molecular formula is C25H50O10. The molecule has 0 bridgehead atoms. The molecule has 0 saturated carbocycles. The first-order chi connectivity index (χ1) is 16.6. The van der Waals surface area contributed by atoms with Gasteiger partial charge >= 0.3 is 17.9 Å². The molecule has 0 spiro atoms. The summed E-state index contributed by atoms with van der Waals surface area (Å²) in [5.41, 5.74) is 0. The first kappa shape index (κ1) is 37.8. The highest BCUT2D eigenvalue weighted by Crippen LogP contribution is 2.13. The van der Waals surface area contributed by atoms with Gasteiger partial charge in [0.25, 0.3) is 0 Å². The summed E-state index contributed by atoms with van der Waals surface area (Å²) in [5, 5.41) is 56.7. The van der Waals surface area contributed by atoms with Gasteiger partial charge in [-0.2, -0.15) is 0 Å². The summed E-state index contributed by atoms with van der Waals surface area (Å²) < 4.78 is 0. The zero-order chi connectivity index (χ0) is 27.3. The minimum Gasteiger partial charge on any atom is -0.481 e. The number of carbonyl (C=O) groups is 3. The minimum absolute atomic E-state index is 0.345. The van der Waals surface area contributed by atoms with Crippen molar-refractivity contribution in [1.82, 2.24) is 0 Å². The molecule has 0 aromatic rings. The summed E-state index contributed by atoms with van der Waals surface area (Å²) in [7, 11) is 0. The van der Waals surface area contributed by atoms with Crippen molar-refractivity contribution in [3.8, 4) is 0 Å². The van der Waals surface area contributed by atoms with Crippen LogP contribution < -0.4 is 0 Å². The summed E-state index contributed by atoms with van der Waals surface area (Å²) in [4.78, 5) is 29.7. The molecule has 0 fully saturated rings. The Labute approximate surface area is 210 Å². The van der Waals surface area contributed by atoms with Crippen LogP contribution in [-0.4, -0.2) is 79.1 Å². The predicted molar refractivity (Wildman–Crippen MR) is 133 cm³/mol. The van der Waals surface area contributed by atoms with Crippen molar-refractivity contribution < 1.29 is 50.1 Å². The molecule has 210 valence electrons. The van der Waals surface area contributed by atoms with Gasteiger partial charge in [0.1, 0.15) is 6.10 Å². The molecule has 10 nitrogen and oxygen atoms in total. The maximum atomic E-state index is 10.3. The molecule has 1 atom stereocenters. The second-order valence-corrected chi connectivity index (χ2v) is 8.56. The monoisotopic (exact) mass is 510 g/mol. The Morgan fingerprint density at radius 1 is 0.571 bits per heavy atom. The lowest BCUT2D eigenvalue weighted by molar-refractivity contribution is -0.152. The van der Waals surface area contributed by atoms with Gasteiger partial charge in [-0.25, -0.2) is 4.79 Å². The van der Waals surface area contributed by atoms with Crippen LogP contribution in [0.25, 0.3) is 0 Å². The lowest BCUT2D eigenvalue weighted by Gasteiger charge is -2.03. The molecule has 1 unspecified atom stereocenters. The zero-order valence-corrected chi connectivity index (χ0v) is 21.4. The van der Waals surface area contributed by atoms with Crippen LogP contribution in [0.2, 0.25) is 0 Å². The van der Waals surface area contributed by atoms with Crippen molar-refractivity contribution in [3.05, 3.63) is 0 Å². The highest BCUT2D eigenvalue weighted by molar-refractivity contribution is 5.79. The smallest absolute Gasteiger partial charge is 0.333 e. The normalized spacial score (nSPS) is 11.1. The topological polar surface area (TPSA) is 193 Å². The van der Waals surface area contributed by atoms with Crippen LogP contribution in [0.1, 0.15) is 116 Å². The van der Waals surface area contributed by atoms with Crippen LogP contribution >= 0.6 is 0 Å². The van der Waals surface area contributed by atoms with E-state index in [2.05, 4.69) is 6.92 Å². The summed E-state index contributed by atoms with van der Waals surface area (Å²) in [6, 6.07) is 0. The van der Waals surface area contributed by atoms with Crippen LogP contribution in [-0.2, 0) is 14.4 Å². The Balaban J connectivity index is -0.000000559. The molecule has 0 heterocycles. The number of carboxylic acid groups (broad SMARTS) is 3. The molecular weight excluding hydrogens is 460 g/mol. The van der Waals surface area contributed by atoms with E-state index in [-0.39, 0.29) is 13.2 Å². The van der Waals surface area contributed by atoms with Crippen molar-refractivity contribution in [2.24, 2.45) is 0 Å². The lowest BCUT2D eigenvalue weighted by atomic mass is 10.0. The van der Waals surface area contributed by atoms with Gasteiger partial charge in [-0.05, 0) is 6.42 Å². The number of rotatable bonds is 21. The summed E-state index contributed by atoms with van der Waals surface area (Å²) >= 11 is 0. The van der Waals surface area contributed by atoms with Crippen LogP contribution in [0, 0.1) is 0 Å². The fraction of sp³-hybridized carbons (Fsp3) is 0.880. The average molecular weight is 511 g/mol. The van der Waals surface area contributed by atoms with E-state index in [1.54, 1.807) is 0 Å². The zero-order valence-electron chi connectivity index (χ0n) is 21.4. The number of aliphatic carboxylic acids is 3. The standard InChI is InChI=1S/C18H36O2.C4H6O5.C3H8O3/c1-2-3-4-5-6-7-8-9-10-11-12-13-14-15-16-17-18(19)20;5-2(4(8)9)1-3(6)7;4-1-3(6)2-5/h2-17H2,1H3,(H,19,20);2,5H,1H2,(H,6,7)(H,8,9);3-6H,1-2H2. The Bertz CT molecular complexity index is 481. The Morgan fingerprint density at radius 3 is 1.11 bits per heavy atom. The van der Waals surface area contributed by atoms with E-state index >= 15 is 0 Å². The molecule has 0 radical (unpaired) electrons. The first-order valence-electron chi connectivity index (χ1n) is 12.9. The molecule has 0 aliphatic heterocycles. The van der Waals surface area contributed by atoms with Crippen molar-refractivity contribution in [2.45, 2.75) is 128 Å². The van der Waals surface area contributed by atoms with Crippen molar-refractivity contribution in [3.63, 3.8) is 0 Å². The fourth-order valence-corrected chi connectivity index (χ4v) is 2.96. The SMILES string of the molecule is CCCCCCCCCCCCCCCCCC(=O)O.O=C(O)CC(O)C(=O)O.OCC(O)CO. The quantitative estimate of drug-likeness (QED) is 0.112. The maximum absolute atomic E-state index is 10.3. The number of hydrogen-bond donors (Lipinski definition) is 7. The molecule has 0 aliphatic carbocycles. The van der Waals surface area contributed by atoms with Crippen molar-refractivity contribution >= 4 is 17.9 Å². The van der Waals surface area contributed by atoms with Crippen LogP contribution in [0.15, 0.2) is 0 Å². The molecule has 0 saturated heterocycles. The summed E-state index contributed by atoms with van der Waals surface area (Å²) in [6.45, 7) is 1.54. The van der Waals surface area contributed by atoms with Crippen molar-refractivity contribution in [2.75, 3.05) is 13.2 Å². The summed E-state index contributed by atoms with van der Waals surface area (Å²) in [5.74, 6) is -3.50. The molecule has 7 N–H and O–H groups in total. The molecule has 0 aromatic carbocycles. The van der Waals surface area contributed by atoms with E-state index < -0.39 is 36.5 Å². The first-order valence-corrected chi connectivity index (χ1v) is 12.9. The van der Waals surface area contributed by atoms with Crippen LogP contribution in [0.3, 0.4) is 0 Å². The van der Waals surface area contributed by atoms with E-state index in [1.165, 1.54) is 83.5 Å². The van der Waals surface area contributed by atoms with E-state index in [9.17, 15) is 14.4 Å². The average Bonchev–Trinajstić information content (AvgIpc) is 2.81. The molecule has 0 aliphatic rings. The molecule has 0 aromatic heterocycles. The number of hydrogen-bond acceptors (Lipinski definition) is 7. The number of aliphatic hydroxyl groups is 4. The third-order valence-corrected chi connectivity index (χ3v) is 5.07. The van der Waals surface area contributed by atoms with E-state index in [4.69, 9.17) is 35.7 Å². The molecule has 35 heavy (non-hydrogen) atoms. The van der Waals surface area contributed by atoms with Crippen molar-refractivity contribution in [1.29, 1.82) is 0 Å². The van der Waals surface area contributed by atoms with Gasteiger partial charge in [-0.15, -0.1) is 0 Å². The molecule has 10 heteroatoms. The Morgan fingerprint density at radius 2 is 0.914 bits per heavy atom. The minimum atomic E-state index is -1.79. The maximum Gasteiger partial charge on any atom is 0.333 e. The van der Waals surface area contributed by atoms with E-state index in [0.717, 1.165) is 12.8 Å². The van der Waals surface area contributed by atoms with Gasteiger partial charge in [0.15, 0.2) is 6.10 Å². The number of carboxylic acids is 3. The predicted octanol–water partition coefficient (Wildman–Crippen LogP) is 3.57. The number of aliphatic hydroxyl groups excluding tert-OH is 4. The Kier molecular flexibility index (Phi) is 32.7. The second kappa shape index (κ2) is 30.3. The van der Waals surface area contributed by atoms with Crippen LogP contribution in [0.4, 0.5) is 0 Å². The van der Waals surface area contributed by atoms with E-state index in [1.807, 2.05) is 0 Å². The van der Waals surface area contributed by atoms with Gasteiger partial charge in [0.2, 0.25) is 0 Å². The molecule has 0 amide bonds. The van der Waals surface area contributed by atoms with Gasteiger partial charge in [0.05, 0.1) is 19.6 Å². The third-order valence-electron chi connectivity index (χ3n) is 5.07. The van der Waals surface area contributed by atoms with E-state index in [0.29, 0.717) is 6.42 Å². The van der Waals surface area contributed by atoms with Crippen LogP contribution in [0.5, 0.6) is 0 Å². The van der Waals surface area contributed by atoms with Gasteiger partial charge in [-0.3, -0.25) is 9.59 Å². The van der Waals surface area contributed by atoms with Gasteiger partial charge < -0.3 is 35.7 Å². The highest BCUT2D eigenvalue weighted by atomic mass is 16.4. The highest BCUT2D eigenvalue weighted by Gasteiger charge is 2.16. The van der Waals surface area contributed by atoms with Gasteiger partial charge in [-0.1, -0.05) is 96.8 Å². The Hall–Kier alpha value is -1.75. The largest absolute Gasteiger partial charge is 0.481 e. The third kappa shape index (κ3) is 39.7. The van der Waals surface area contributed by atoms with Gasteiger partial charge in [0, 0.05) is 6.42 Å².